The van der Waals surface area contributed by atoms with Crippen LogP contribution in [0.2, 0.25) is 0 Å². The third-order valence-electron chi connectivity index (χ3n) is 1.94. The summed E-state index contributed by atoms with van der Waals surface area (Å²) in [5.41, 5.74) is 0. The fourth-order valence-corrected chi connectivity index (χ4v) is 1.07. The first-order valence-corrected chi connectivity index (χ1v) is 4.54. The highest BCUT2D eigenvalue weighted by molar-refractivity contribution is 6.33. The number of esters is 2. The van der Waals surface area contributed by atoms with Crippen molar-refractivity contribution >= 4 is 17.7 Å². The van der Waals surface area contributed by atoms with Crippen molar-refractivity contribution in [3.8, 4) is 0 Å². The molecule has 1 aliphatic rings. The summed E-state index contributed by atoms with van der Waals surface area (Å²) in [4.78, 5) is 32.6. The molecule has 0 aromatic carbocycles. The van der Waals surface area contributed by atoms with Crippen LogP contribution in [0, 0.1) is 0 Å². The zero-order valence-electron chi connectivity index (χ0n) is 8.74. The number of cyclic esters (lactones) is 1. The Morgan fingerprint density at radius 1 is 1.53 bits per heavy atom. The molecule has 8 nitrogen and oxygen atoms in total. The second-order valence-electron chi connectivity index (χ2n) is 3.24. The highest BCUT2D eigenvalue weighted by Crippen LogP contribution is 2.24. The molecule has 1 aliphatic heterocycles. The van der Waals surface area contributed by atoms with E-state index in [-0.39, 0.29) is 0 Å². The lowest BCUT2D eigenvalue weighted by molar-refractivity contribution is -0.156. The van der Waals surface area contributed by atoms with Crippen LogP contribution in [0.3, 0.4) is 0 Å². The molecule has 1 heterocycles. The van der Waals surface area contributed by atoms with Crippen LogP contribution < -0.4 is 0 Å². The number of carbonyl (C=O) groups is 3. The fourth-order valence-electron chi connectivity index (χ4n) is 1.07. The van der Waals surface area contributed by atoms with Gasteiger partial charge in [0.2, 0.25) is 5.78 Å². The van der Waals surface area contributed by atoms with Crippen molar-refractivity contribution in [3.63, 3.8) is 0 Å². The Bertz CT molecular complexity index is 396. The standard InChI is InChI=1S/C9H10O8/c1-3(11)8(14)17-7-5(13)6(4(12)2-10)16-9(7)15/h4,6,10,12-13H,2H2,1H3. The normalized spacial score (nSPS) is 21.1. The molecule has 0 radical (unpaired) electrons. The number of rotatable bonds is 4. The molecule has 8 heteroatoms. The van der Waals surface area contributed by atoms with E-state index >= 15 is 0 Å². The van der Waals surface area contributed by atoms with Gasteiger partial charge in [0.1, 0.15) is 6.10 Å². The molecule has 2 unspecified atom stereocenters. The van der Waals surface area contributed by atoms with Crippen molar-refractivity contribution in [3.05, 3.63) is 11.5 Å². The Labute approximate surface area is 95.1 Å². The number of ether oxygens (including phenoxy) is 2. The maximum atomic E-state index is 11.2. The van der Waals surface area contributed by atoms with Gasteiger partial charge in [-0.15, -0.1) is 0 Å². The number of hydrogen-bond acceptors (Lipinski definition) is 8. The summed E-state index contributed by atoms with van der Waals surface area (Å²) in [6.45, 7) is 0.149. The summed E-state index contributed by atoms with van der Waals surface area (Å²) in [7, 11) is 0. The predicted octanol–water partition coefficient (Wildman–Crippen LogP) is -1.83. The van der Waals surface area contributed by atoms with Crippen LogP contribution in [-0.2, 0) is 23.9 Å². The summed E-state index contributed by atoms with van der Waals surface area (Å²) >= 11 is 0. The molecule has 0 saturated heterocycles. The monoisotopic (exact) mass is 246 g/mol. The van der Waals surface area contributed by atoms with Gasteiger partial charge in [0, 0.05) is 6.92 Å². The Morgan fingerprint density at radius 2 is 2.12 bits per heavy atom. The first-order valence-electron chi connectivity index (χ1n) is 4.54. The second kappa shape index (κ2) is 4.93. The van der Waals surface area contributed by atoms with Crippen LogP contribution in [0.5, 0.6) is 0 Å². The number of Topliss-reactive ketones (excluding diaryl/α,β-unsaturated/α-hetero) is 1. The number of aliphatic hydroxyl groups is 3. The Hall–Kier alpha value is -1.93. The average molecular weight is 246 g/mol. The topological polar surface area (TPSA) is 130 Å². The van der Waals surface area contributed by atoms with Crippen molar-refractivity contribution in [1.82, 2.24) is 0 Å². The van der Waals surface area contributed by atoms with Crippen LogP contribution >= 0.6 is 0 Å². The highest BCUT2D eigenvalue weighted by atomic mass is 16.6. The Balaban J connectivity index is 2.89. The predicted molar refractivity (Wildman–Crippen MR) is 49.4 cm³/mol. The van der Waals surface area contributed by atoms with Gasteiger partial charge in [-0.05, 0) is 0 Å². The van der Waals surface area contributed by atoms with Crippen LogP contribution in [-0.4, -0.2) is 51.9 Å². The van der Waals surface area contributed by atoms with Crippen molar-refractivity contribution in [2.24, 2.45) is 0 Å². The minimum atomic E-state index is -1.55. The average Bonchev–Trinajstić information content (AvgIpc) is 2.55. The Morgan fingerprint density at radius 3 is 2.59 bits per heavy atom. The summed E-state index contributed by atoms with van der Waals surface area (Å²) < 4.78 is 8.75. The molecule has 0 spiro atoms. The first-order chi connectivity index (χ1) is 7.88. The van der Waals surface area contributed by atoms with Crippen LogP contribution in [0.25, 0.3) is 0 Å². The van der Waals surface area contributed by atoms with Gasteiger partial charge in [-0.25, -0.2) is 9.59 Å². The summed E-state index contributed by atoms with van der Waals surface area (Å²) in [5.74, 6) is -5.21. The lowest BCUT2D eigenvalue weighted by Gasteiger charge is -2.13. The van der Waals surface area contributed by atoms with Crippen LogP contribution in [0.1, 0.15) is 6.92 Å². The maximum absolute atomic E-state index is 11.2. The van der Waals surface area contributed by atoms with E-state index in [1.54, 1.807) is 0 Å². The first kappa shape index (κ1) is 13.1. The lowest BCUT2D eigenvalue weighted by atomic mass is 10.2. The third kappa shape index (κ3) is 2.60. The van der Waals surface area contributed by atoms with Crippen molar-refractivity contribution < 1.29 is 39.2 Å². The zero-order valence-corrected chi connectivity index (χ0v) is 8.74. The SMILES string of the molecule is CC(=O)C(=O)OC1=C(O)C(C(O)CO)OC1=O. The van der Waals surface area contributed by atoms with Crippen molar-refractivity contribution in [2.75, 3.05) is 6.61 Å². The molecule has 0 aromatic rings. The lowest BCUT2D eigenvalue weighted by Crippen LogP contribution is -2.31. The summed E-state index contributed by atoms with van der Waals surface area (Å²) in [6, 6.07) is 0. The molecule has 0 saturated carbocycles. The van der Waals surface area contributed by atoms with Gasteiger partial charge < -0.3 is 24.8 Å². The van der Waals surface area contributed by atoms with E-state index in [0.29, 0.717) is 0 Å². The highest BCUT2D eigenvalue weighted by Gasteiger charge is 2.41. The van der Waals surface area contributed by atoms with E-state index in [1.165, 1.54) is 0 Å². The second-order valence-corrected chi connectivity index (χ2v) is 3.24. The minimum Gasteiger partial charge on any atom is -0.505 e. The molecular weight excluding hydrogens is 236 g/mol. The molecule has 3 N–H and O–H groups in total. The summed E-state index contributed by atoms with van der Waals surface area (Å²) in [6.07, 6.45) is -3.06. The van der Waals surface area contributed by atoms with Crippen LogP contribution in [0.15, 0.2) is 11.5 Å². The zero-order chi connectivity index (χ0) is 13.2. The molecule has 0 aliphatic carbocycles. The van der Waals surface area contributed by atoms with Crippen molar-refractivity contribution in [2.45, 2.75) is 19.1 Å². The fraction of sp³-hybridized carbons (Fsp3) is 0.444. The summed E-state index contributed by atoms with van der Waals surface area (Å²) in [5, 5.41) is 27.2. The van der Waals surface area contributed by atoms with Gasteiger partial charge in [0.05, 0.1) is 6.61 Å². The number of aliphatic hydroxyl groups excluding tert-OH is 3. The quantitative estimate of drug-likeness (QED) is 0.390. The third-order valence-corrected chi connectivity index (χ3v) is 1.94. The van der Waals surface area contributed by atoms with Gasteiger partial charge in [-0.1, -0.05) is 0 Å². The molecule has 0 bridgehead atoms. The smallest absolute Gasteiger partial charge is 0.380 e. The van der Waals surface area contributed by atoms with Gasteiger partial charge in [0.15, 0.2) is 11.9 Å². The maximum Gasteiger partial charge on any atom is 0.380 e. The van der Waals surface area contributed by atoms with E-state index in [4.69, 9.17) is 5.11 Å². The number of hydrogen-bond donors (Lipinski definition) is 3. The van der Waals surface area contributed by atoms with Gasteiger partial charge in [-0.2, -0.15) is 0 Å². The van der Waals surface area contributed by atoms with E-state index in [0.717, 1.165) is 6.92 Å². The minimum absolute atomic E-state index is 0.768. The number of carbonyl (C=O) groups excluding carboxylic acids is 3. The van der Waals surface area contributed by atoms with Gasteiger partial charge in [0.25, 0.3) is 5.76 Å². The molecule has 1 rings (SSSR count). The van der Waals surface area contributed by atoms with Gasteiger partial charge in [-0.3, -0.25) is 4.79 Å². The molecule has 2 atom stereocenters. The number of ketones is 1. The molecule has 0 amide bonds. The largest absolute Gasteiger partial charge is 0.505 e. The molecular formula is C9H10O8. The molecule has 0 aromatic heterocycles. The van der Waals surface area contributed by atoms with E-state index in [2.05, 4.69) is 9.47 Å². The van der Waals surface area contributed by atoms with E-state index in [9.17, 15) is 24.6 Å². The molecule has 0 fully saturated rings. The van der Waals surface area contributed by atoms with Gasteiger partial charge >= 0.3 is 11.9 Å². The molecule has 94 valence electrons. The molecule has 17 heavy (non-hydrogen) atoms. The van der Waals surface area contributed by atoms with Crippen molar-refractivity contribution in [1.29, 1.82) is 0 Å². The van der Waals surface area contributed by atoms with E-state index < -0.39 is 48.1 Å². The van der Waals surface area contributed by atoms with Crippen LogP contribution in [0.4, 0.5) is 0 Å². The van der Waals surface area contributed by atoms with E-state index in [1.807, 2.05) is 0 Å². The Kier molecular flexibility index (Phi) is 3.81.